The Morgan fingerprint density at radius 3 is 3.07 bits per heavy atom. The minimum atomic E-state index is -0.0251. The highest BCUT2D eigenvalue weighted by Gasteiger charge is 2.27. The Morgan fingerprint density at radius 1 is 1.60 bits per heavy atom. The van der Waals surface area contributed by atoms with Gasteiger partial charge in [-0.25, -0.2) is 9.97 Å². The zero-order valence-corrected chi connectivity index (χ0v) is 9.02. The zero-order valence-electron chi connectivity index (χ0n) is 8.27. The fourth-order valence-electron chi connectivity index (χ4n) is 1.66. The number of nitrogens with zero attached hydrogens (tertiary/aromatic N) is 3. The molecular formula is C10H12ClN3O. The lowest BCUT2D eigenvalue weighted by atomic mass is 10.3. The molecule has 0 N–H and O–H groups in total. The molecule has 0 radical (unpaired) electrons. The number of alkyl halides is 1. The van der Waals surface area contributed by atoms with Crippen molar-refractivity contribution in [2.24, 2.45) is 0 Å². The number of rotatable bonds is 3. The normalized spacial score (nSPS) is 21.0. The second-order valence-corrected chi connectivity index (χ2v) is 4.21. The highest BCUT2D eigenvalue weighted by atomic mass is 35.5. The first-order chi connectivity index (χ1) is 7.25. The molecule has 0 bridgehead atoms. The van der Waals surface area contributed by atoms with Gasteiger partial charge in [0.2, 0.25) is 5.91 Å². The first-order valence-corrected chi connectivity index (χ1v) is 5.36. The van der Waals surface area contributed by atoms with Gasteiger partial charge in [-0.3, -0.25) is 4.79 Å². The predicted molar refractivity (Wildman–Crippen MR) is 56.6 cm³/mol. The minimum Gasteiger partial charge on any atom is -0.341 e. The lowest BCUT2D eigenvalue weighted by Crippen LogP contribution is -2.27. The Balaban J connectivity index is 1.86. The first-order valence-electron chi connectivity index (χ1n) is 4.92. The number of hydrogen-bond donors (Lipinski definition) is 0. The van der Waals surface area contributed by atoms with E-state index >= 15 is 0 Å². The van der Waals surface area contributed by atoms with Crippen LogP contribution in [0.25, 0.3) is 0 Å². The molecule has 0 aliphatic carbocycles. The summed E-state index contributed by atoms with van der Waals surface area (Å²) in [5, 5.41) is -0.0251. The second kappa shape index (κ2) is 4.57. The Kier molecular flexibility index (Phi) is 3.16. The van der Waals surface area contributed by atoms with E-state index < -0.39 is 0 Å². The fraction of sp³-hybridized carbons (Fsp3) is 0.500. The summed E-state index contributed by atoms with van der Waals surface area (Å²) >= 11 is 5.90. The molecule has 2 rings (SSSR count). The summed E-state index contributed by atoms with van der Waals surface area (Å²) in [5.74, 6) is 0.143. The maximum Gasteiger partial charge on any atom is 0.224 e. The van der Waals surface area contributed by atoms with Crippen LogP contribution >= 0.6 is 11.6 Å². The van der Waals surface area contributed by atoms with Crippen molar-refractivity contribution in [3.63, 3.8) is 0 Å². The number of amides is 1. The quantitative estimate of drug-likeness (QED) is 0.717. The van der Waals surface area contributed by atoms with Crippen LogP contribution < -0.4 is 0 Å². The largest absolute Gasteiger partial charge is 0.341 e. The maximum absolute atomic E-state index is 11.4. The molecule has 1 aromatic heterocycles. The molecule has 1 aliphatic heterocycles. The van der Waals surface area contributed by atoms with Crippen LogP contribution in [0.15, 0.2) is 18.6 Å². The summed E-state index contributed by atoms with van der Waals surface area (Å²) in [4.78, 5) is 21.1. The molecule has 15 heavy (non-hydrogen) atoms. The average Bonchev–Trinajstić information content (AvgIpc) is 2.56. The van der Waals surface area contributed by atoms with Crippen LogP contribution in [0.4, 0.5) is 0 Å². The topological polar surface area (TPSA) is 46.1 Å². The van der Waals surface area contributed by atoms with E-state index in [2.05, 4.69) is 9.97 Å². The molecule has 1 aliphatic rings. The Bertz CT molecular complexity index is 344. The Hall–Kier alpha value is -1.16. The lowest BCUT2D eigenvalue weighted by Gasteiger charge is -2.14. The van der Waals surface area contributed by atoms with Crippen LogP contribution in [0.2, 0.25) is 0 Å². The highest BCUT2D eigenvalue weighted by molar-refractivity contribution is 6.22. The van der Waals surface area contributed by atoms with Crippen LogP contribution in [-0.2, 0) is 11.2 Å². The van der Waals surface area contributed by atoms with E-state index in [0.29, 0.717) is 19.5 Å². The molecule has 4 nitrogen and oxygen atoms in total. The van der Waals surface area contributed by atoms with Gasteiger partial charge in [-0.05, 0) is 6.07 Å². The second-order valence-electron chi connectivity index (χ2n) is 3.59. The van der Waals surface area contributed by atoms with Crippen LogP contribution in [0.1, 0.15) is 12.1 Å². The van der Waals surface area contributed by atoms with Gasteiger partial charge in [0.15, 0.2) is 0 Å². The molecule has 80 valence electrons. The summed E-state index contributed by atoms with van der Waals surface area (Å²) < 4.78 is 0. The molecule has 1 fully saturated rings. The van der Waals surface area contributed by atoms with Gasteiger partial charge >= 0.3 is 0 Å². The van der Waals surface area contributed by atoms with Crippen molar-refractivity contribution in [1.82, 2.24) is 14.9 Å². The van der Waals surface area contributed by atoms with E-state index in [0.717, 1.165) is 12.1 Å². The van der Waals surface area contributed by atoms with Crippen molar-refractivity contribution >= 4 is 17.5 Å². The van der Waals surface area contributed by atoms with E-state index in [4.69, 9.17) is 11.6 Å². The first kappa shape index (κ1) is 10.4. The number of carbonyl (C=O) groups is 1. The fourth-order valence-corrected chi connectivity index (χ4v) is 1.95. The molecule has 0 saturated carbocycles. The van der Waals surface area contributed by atoms with Crippen molar-refractivity contribution in [2.45, 2.75) is 18.2 Å². The van der Waals surface area contributed by atoms with Gasteiger partial charge in [0.05, 0.1) is 5.38 Å². The number of halogens is 1. The molecule has 1 aromatic rings. The molecule has 2 heterocycles. The van der Waals surface area contributed by atoms with Crippen molar-refractivity contribution in [3.8, 4) is 0 Å². The van der Waals surface area contributed by atoms with E-state index in [1.165, 1.54) is 6.33 Å². The molecule has 1 unspecified atom stereocenters. The van der Waals surface area contributed by atoms with Gasteiger partial charge in [0.1, 0.15) is 6.33 Å². The molecule has 5 heteroatoms. The van der Waals surface area contributed by atoms with Crippen LogP contribution in [0, 0.1) is 0 Å². The predicted octanol–water partition coefficient (Wildman–Crippen LogP) is 0.859. The van der Waals surface area contributed by atoms with Gasteiger partial charge in [0, 0.05) is 37.8 Å². The van der Waals surface area contributed by atoms with E-state index in [9.17, 15) is 4.79 Å². The van der Waals surface area contributed by atoms with E-state index in [1.54, 1.807) is 11.1 Å². The van der Waals surface area contributed by atoms with Gasteiger partial charge in [-0.2, -0.15) is 0 Å². The van der Waals surface area contributed by atoms with Crippen LogP contribution in [-0.4, -0.2) is 39.2 Å². The molecule has 0 aromatic carbocycles. The number of aromatic nitrogens is 2. The van der Waals surface area contributed by atoms with Gasteiger partial charge < -0.3 is 4.90 Å². The monoisotopic (exact) mass is 225 g/mol. The summed E-state index contributed by atoms with van der Waals surface area (Å²) in [6.07, 6.45) is 4.45. The third kappa shape index (κ3) is 2.65. The molecule has 0 spiro atoms. The van der Waals surface area contributed by atoms with Gasteiger partial charge in [0.25, 0.3) is 0 Å². The van der Waals surface area contributed by atoms with Crippen molar-refractivity contribution < 1.29 is 4.79 Å². The Labute approximate surface area is 93.3 Å². The SMILES string of the molecule is O=C1CC(Cl)CN1CCc1ccncn1. The third-order valence-electron chi connectivity index (χ3n) is 2.45. The van der Waals surface area contributed by atoms with Crippen molar-refractivity contribution in [1.29, 1.82) is 0 Å². The van der Waals surface area contributed by atoms with Gasteiger partial charge in [-0.15, -0.1) is 11.6 Å². The van der Waals surface area contributed by atoms with Crippen molar-refractivity contribution in [3.05, 3.63) is 24.3 Å². The van der Waals surface area contributed by atoms with Crippen LogP contribution in [0.3, 0.4) is 0 Å². The van der Waals surface area contributed by atoms with Gasteiger partial charge in [-0.1, -0.05) is 0 Å². The zero-order chi connectivity index (χ0) is 10.7. The molecular weight excluding hydrogens is 214 g/mol. The minimum absolute atomic E-state index is 0.0251. The Morgan fingerprint density at radius 2 is 2.47 bits per heavy atom. The van der Waals surface area contributed by atoms with Crippen LogP contribution in [0.5, 0.6) is 0 Å². The summed E-state index contributed by atoms with van der Waals surface area (Å²) in [6, 6.07) is 1.86. The lowest BCUT2D eigenvalue weighted by molar-refractivity contribution is -0.127. The third-order valence-corrected chi connectivity index (χ3v) is 2.74. The standard InChI is InChI=1S/C10H12ClN3O/c11-8-5-10(15)14(6-8)4-2-9-1-3-12-7-13-9/h1,3,7-8H,2,4-6H2. The molecule has 1 saturated heterocycles. The molecule has 1 amide bonds. The van der Waals surface area contributed by atoms with Crippen molar-refractivity contribution in [2.75, 3.05) is 13.1 Å². The molecule has 1 atom stereocenters. The average molecular weight is 226 g/mol. The van der Waals surface area contributed by atoms with E-state index in [1.807, 2.05) is 6.07 Å². The number of likely N-dealkylation sites (tertiary alicyclic amines) is 1. The summed E-state index contributed by atoms with van der Waals surface area (Å²) in [5.41, 5.74) is 0.954. The number of carbonyl (C=O) groups excluding carboxylic acids is 1. The highest BCUT2D eigenvalue weighted by Crippen LogP contribution is 2.16. The number of hydrogen-bond acceptors (Lipinski definition) is 3. The summed E-state index contributed by atoms with van der Waals surface area (Å²) in [6.45, 7) is 1.35. The van der Waals surface area contributed by atoms with E-state index in [-0.39, 0.29) is 11.3 Å². The summed E-state index contributed by atoms with van der Waals surface area (Å²) in [7, 11) is 0. The smallest absolute Gasteiger partial charge is 0.224 e. The maximum atomic E-state index is 11.4.